The number of aliphatic imine (C=N–C) groups is 1. The molecule has 4 rings (SSSR count). The quantitative estimate of drug-likeness (QED) is 0.265. The molecule has 166 valence electrons. The van der Waals surface area contributed by atoms with E-state index in [1.165, 1.54) is 23.9 Å². The summed E-state index contributed by atoms with van der Waals surface area (Å²) >= 11 is 7.26. The van der Waals surface area contributed by atoms with Crippen molar-refractivity contribution in [2.45, 2.75) is 13.5 Å². The Labute approximate surface area is 199 Å². The van der Waals surface area contributed by atoms with E-state index < -0.39 is 4.92 Å². The average Bonchev–Trinajstić information content (AvgIpc) is 3.14. The topological polar surface area (TPSA) is 93.8 Å². The number of amides is 1. The zero-order chi connectivity index (χ0) is 23.4. The molecule has 3 aromatic rings. The van der Waals surface area contributed by atoms with Crippen molar-refractivity contribution in [3.05, 3.63) is 103 Å². The molecule has 1 fully saturated rings. The maximum absolute atomic E-state index is 12.3. The Hall–Kier alpha value is -3.62. The lowest BCUT2D eigenvalue weighted by atomic mass is 10.2. The van der Waals surface area contributed by atoms with Crippen molar-refractivity contribution in [1.82, 2.24) is 5.32 Å². The molecule has 3 aromatic carbocycles. The van der Waals surface area contributed by atoms with Crippen LogP contribution in [0.5, 0.6) is 5.75 Å². The number of nitrogens with zero attached hydrogens (tertiary/aromatic N) is 2. The Morgan fingerprint density at radius 2 is 1.85 bits per heavy atom. The van der Waals surface area contributed by atoms with Gasteiger partial charge in [0.15, 0.2) is 5.17 Å². The molecule has 0 saturated carbocycles. The smallest absolute Gasteiger partial charge is 0.269 e. The lowest BCUT2D eigenvalue weighted by molar-refractivity contribution is -0.384. The minimum absolute atomic E-state index is 0.0430. The first-order valence-corrected chi connectivity index (χ1v) is 11.1. The van der Waals surface area contributed by atoms with Crippen LogP contribution in [0, 0.1) is 17.0 Å². The van der Waals surface area contributed by atoms with Gasteiger partial charge < -0.3 is 10.1 Å². The highest BCUT2D eigenvalue weighted by Gasteiger charge is 2.24. The van der Waals surface area contributed by atoms with Crippen LogP contribution in [0.15, 0.2) is 76.6 Å². The first kappa shape index (κ1) is 22.6. The second-order valence-corrected chi connectivity index (χ2v) is 8.66. The molecule has 0 spiro atoms. The van der Waals surface area contributed by atoms with Gasteiger partial charge in [-0.15, -0.1) is 0 Å². The van der Waals surface area contributed by atoms with Gasteiger partial charge in [-0.25, -0.2) is 4.99 Å². The van der Waals surface area contributed by atoms with Gasteiger partial charge in [0.25, 0.3) is 11.6 Å². The van der Waals surface area contributed by atoms with Crippen molar-refractivity contribution in [3.63, 3.8) is 0 Å². The van der Waals surface area contributed by atoms with E-state index in [9.17, 15) is 14.9 Å². The number of carbonyl (C=O) groups excluding carboxylic acids is 1. The van der Waals surface area contributed by atoms with Gasteiger partial charge in [-0.3, -0.25) is 14.9 Å². The molecule has 33 heavy (non-hydrogen) atoms. The van der Waals surface area contributed by atoms with E-state index in [1.54, 1.807) is 36.4 Å². The van der Waals surface area contributed by atoms with E-state index in [2.05, 4.69) is 10.3 Å². The maximum Gasteiger partial charge on any atom is 0.269 e. The third kappa shape index (κ3) is 5.79. The van der Waals surface area contributed by atoms with Crippen LogP contribution < -0.4 is 10.1 Å². The Balaban J connectivity index is 1.39. The predicted octanol–water partition coefficient (Wildman–Crippen LogP) is 6.03. The number of halogens is 1. The SMILES string of the molecule is Cc1cc(Cl)ccc1N=C1NC(=O)/C(=C/c2ccc(OCc3ccc([N+](=O)[O-])cc3)cc2)S1. The molecule has 0 atom stereocenters. The van der Waals surface area contributed by atoms with E-state index in [-0.39, 0.29) is 11.6 Å². The molecule has 7 nitrogen and oxygen atoms in total. The number of nitrogens with one attached hydrogen (secondary N) is 1. The highest BCUT2D eigenvalue weighted by atomic mass is 35.5. The number of amidine groups is 1. The molecular weight excluding hydrogens is 462 g/mol. The molecule has 0 aromatic heterocycles. The van der Waals surface area contributed by atoms with Crippen LogP contribution >= 0.6 is 23.4 Å². The number of nitro groups is 1. The number of ether oxygens (including phenoxy) is 1. The fourth-order valence-electron chi connectivity index (χ4n) is 3.03. The molecule has 0 unspecified atom stereocenters. The number of carbonyl (C=O) groups is 1. The van der Waals surface area contributed by atoms with Crippen LogP contribution in [0.25, 0.3) is 6.08 Å². The van der Waals surface area contributed by atoms with Crippen LogP contribution in [-0.2, 0) is 11.4 Å². The summed E-state index contributed by atoms with van der Waals surface area (Å²) in [7, 11) is 0. The van der Waals surface area contributed by atoms with E-state index in [4.69, 9.17) is 16.3 Å². The number of nitro benzene ring substituents is 1. The van der Waals surface area contributed by atoms with E-state index in [0.29, 0.717) is 27.5 Å². The third-order valence-corrected chi connectivity index (χ3v) is 5.91. The molecule has 0 radical (unpaired) electrons. The molecular formula is C24H18ClN3O4S. The second kappa shape index (κ2) is 9.89. The van der Waals surface area contributed by atoms with Crippen LogP contribution in [0.1, 0.15) is 16.7 Å². The summed E-state index contributed by atoms with van der Waals surface area (Å²) in [6.07, 6.45) is 1.79. The van der Waals surface area contributed by atoms with Crippen LogP contribution in [0.3, 0.4) is 0 Å². The summed E-state index contributed by atoms with van der Waals surface area (Å²) in [5.74, 6) is 0.448. The number of benzene rings is 3. The van der Waals surface area contributed by atoms with Crippen molar-refractivity contribution in [2.75, 3.05) is 0 Å². The molecule has 1 saturated heterocycles. The minimum atomic E-state index is -0.436. The number of rotatable bonds is 6. The molecule has 0 aliphatic carbocycles. The van der Waals surface area contributed by atoms with Gasteiger partial charge in [-0.1, -0.05) is 23.7 Å². The van der Waals surface area contributed by atoms with Crippen molar-refractivity contribution >= 4 is 51.9 Å². The summed E-state index contributed by atoms with van der Waals surface area (Å²) in [5, 5.41) is 14.7. The molecule has 1 N–H and O–H groups in total. The number of non-ortho nitro benzene ring substituents is 1. The Morgan fingerprint density at radius 3 is 2.52 bits per heavy atom. The van der Waals surface area contributed by atoms with Gasteiger partial charge in [0.05, 0.1) is 15.5 Å². The average molecular weight is 480 g/mol. The Bertz CT molecular complexity index is 1270. The number of hydrogen-bond donors (Lipinski definition) is 1. The molecule has 9 heteroatoms. The van der Waals surface area contributed by atoms with Crippen LogP contribution in [0.2, 0.25) is 5.02 Å². The third-order valence-electron chi connectivity index (χ3n) is 4.76. The van der Waals surface area contributed by atoms with E-state index in [0.717, 1.165) is 22.4 Å². The van der Waals surface area contributed by atoms with Crippen molar-refractivity contribution in [3.8, 4) is 5.75 Å². The van der Waals surface area contributed by atoms with Gasteiger partial charge in [-0.05, 0) is 83.9 Å². The van der Waals surface area contributed by atoms with Crippen LogP contribution in [0.4, 0.5) is 11.4 Å². The van der Waals surface area contributed by atoms with Gasteiger partial charge in [0.2, 0.25) is 0 Å². The summed E-state index contributed by atoms with van der Waals surface area (Å²) in [6.45, 7) is 2.20. The van der Waals surface area contributed by atoms with E-state index >= 15 is 0 Å². The molecule has 1 aliphatic heterocycles. The van der Waals surface area contributed by atoms with Crippen molar-refractivity contribution in [1.29, 1.82) is 0 Å². The summed E-state index contributed by atoms with van der Waals surface area (Å²) < 4.78 is 5.74. The zero-order valence-electron chi connectivity index (χ0n) is 17.4. The number of hydrogen-bond acceptors (Lipinski definition) is 6. The maximum atomic E-state index is 12.3. The highest BCUT2D eigenvalue weighted by Crippen LogP contribution is 2.30. The second-order valence-electron chi connectivity index (χ2n) is 7.19. The lowest BCUT2D eigenvalue weighted by Crippen LogP contribution is -2.19. The molecule has 1 amide bonds. The van der Waals surface area contributed by atoms with Gasteiger partial charge in [-0.2, -0.15) is 0 Å². The fraction of sp³-hybridized carbons (Fsp3) is 0.0833. The van der Waals surface area contributed by atoms with Gasteiger partial charge in [0, 0.05) is 17.2 Å². The Kier molecular flexibility index (Phi) is 6.76. The number of thioether (sulfide) groups is 1. The van der Waals surface area contributed by atoms with Gasteiger partial charge >= 0.3 is 0 Å². The van der Waals surface area contributed by atoms with Crippen molar-refractivity contribution < 1.29 is 14.5 Å². The zero-order valence-corrected chi connectivity index (χ0v) is 19.0. The standard InChI is InChI=1S/C24H18ClN3O4S/c1-15-12-18(25)6-11-21(15)26-24-27-23(29)22(33-24)13-16-4-9-20(10-5-16)32-14-17-2-7-19(8-3-17)28(30)31/h2-13H,14H2,1H3,(H,26,27,29)/b22-13-. The predicted molar refractivity (Wildman–Crippen MR) is 131 cm³/mol. The fourth-order valence-corrected chi connectivity index (χ4v) is 4.09. The highest BCUT2D eigenvalue weighted by molar-refractivity contribution is 8.18. The summed E-state index contributed by atoms with van der Waals surface area (Å²) in [6, 6.07) is 18.9. The first-order valence-electron chi connectivity index (χ1n) is 9.89. The van der Waals surface area contributed by atoms with Gasteiger partial charge in [0.1, 0.15) is 12.4 Å². The molecule has 0 bridgehead atoms. The largest absolute Gasteiger partial charge is 0.489 e. The lowest BCUT2D eigenvalue weighted by Gasteiger charge is -2.06. The molecule has 1 heterocycles. The summed E-state index contributed by atoms with van der Waals surface area (Å²) in [5.41, 5.74) is 3.39. The monoisotopic (exact) mass is 479 g/mol. The Morgan fingerprint density at radius 1 is 1.12 bits per heavy atom. The van der Waals surface area contributed by atoms with Crippen molar-refractivity contribution in [2.24, 2.45) is 4.99 Å². The first-order chi connectivity index (χ1) is 15.9. The normalized spacial score (nSPS) is 15.6. The minimum Gasteiger partial charge on any atom is -0.489 e. The number of aryl methyl sites for hydroxylation is 1. The summed E-state index contributed by atoms with van der Waals surface area (Å²) in [4.78, 5) is 27.7. The van der Waals surface area contributed by atoms with Crippen LogP contribution in [-0.4, -0.2) is 16.0 Å². The molecule has 1 aliphatic rings. The van der Waals surface area contributed by atoms with E-state index in [1.807, 2.05) is 31.2 Å².